The molecule has 34 heavy (non-hydrogen) atoms. The van der Waals surface area contributed by atoms with E-state index < -0.39 is 10.0 Å². The minimum absolute atomic E-state index is 0.0825. The van der Waals surface area contributed by atoms with Crippen LogP contribution in [0.15, 0.2) is 59.6 Å². The number of sulfonamides is 1. The molecular formula is C26H26ClN3O3S. The lowest BCUT2D eigenvalue weighted by atomic mass is 9.87. The summed E-state index contributed by atoms with van der Waals surface area (Å²) in [4.78, 5) is 4.58. The Bertz CT molecular complexity index is 1600. The van der Waals surface area contributed by atoms with E-state index in [0.717, 1.165) is 5.56 Å². The first-order chi connectivity index (χ1) is 16.0. The van der Waals surface area contributed by atoms with Crippen molar-refractivity contribution in [3.8, 4) is 11.6 Å². The minimum atomic E-state index is -3.87. The summed E-state index contributed by atoms with van der Waals surface area (Å²) >= 11 is 6.52. The molecule has 2 aromatic heterocycles. The van der Waals surface area contributed by atoms with E-state index in [1.54, 1.807) is 54.3 Å². The first-order valence-electron chi connectivity index (χ1n) is 10.6. The van der Waals surface area contributed by atoms with Crippen LogP contribution in [0.1, 0.15) is 26.3 Å². The van der Waals surface area contributed by atoms with Crippen LogP contribution in [-0.2, 0) is 15.4 Å². The molecule has 4 rings (SSSR count). The van der Waals surface area contributed by atoms with Gasteiger partial charge in [0, 0.05) is 17.0 Å². The number of pyridine rings is 1. The zero-order chi connectivity index (χ0) is 24.8. The molecule has 0 fully saturated rings. The van der Waals surface area contributed by atoms with E-state index in [0.29, 0.717) is 43.7 Å². The van der Waals surface area contributed by atoms with Gasteiger partial charge in [0.2, 0.25) is 0 Å². The van der Waals surface area contributed by atoms with Crippen molar-refractivity contribution >= 4 is 51.2 Å². The van der Waals surface area contributed by atoms with E-state index in [1.165, 1.54) is 0 Å². The molecule has 8 heteroatoms. The third-order valence-electron chi connectivity index (χ3n) is 5.73. The number of fused-ring (bicyclic) bond motifs is 1. The largest absolute Gasteiger partial charge is 0.493 e. The van der Waals surface area contributed by atoms with Crippen molar-refractivity contribution in [2.75, 3.05) is 11.8 Å². The van der Waals surface area contributed by atoms with Crippen LogP contribution in [-0.4, -0.2) is 25.1 Å². The highest BCUT2D eigenvalue weighted by molar-refractivity contribution is 7.92. The number of aromatic nitrogens is 2. The SMILES string of the molecule is C=c1c2c(Cl)ccc(NS(=O)(=O)c3ccc(C(C)(C)C)cc3)c2c(=C)n1-c1ncccc1OC. The summed E-state index contributed by atoms with van der Waals surface area (Å²) < 4.78 is 36.4. The lowest BCUT2D eigenvalue weighted by molar-refractivity contribution is 0.410. The molecule has 2 heterocycles. The maximum Gasteiger partial charge on any atom is 0.261 e. The Labute approximate surface area is 204 Å². The molecule has 0 radical (unpaired) electrons. The molecule has 0 saturated heterocycles. The molecule has 0 aliphatic rings. The van der Waals surface area contributed by atoms with Crippen LogP contribution in [0.4, 0.5) is 5.69 Å². The maximum absolute atomic E-state index is 13.2. The second kappa shape index (κ2) is 8.49. The maximum atomic E-state index is 13.2. The van der Waals surface area contributed by atoms with Crippen molar-refractivity contribution in [3.05, 3.63) is 76.0 Å². The van der Waals surface area contributed by atoms with Crippen LogP contribution in [0.3, 0.4) is 0 Å². The molecule has 176 valence electrons. The van der Waals surface area contributed by atoms with Crippen molar-refractivity contribution in [2.24, 2.45) is 0 Å². The van der Waals surface area contributed by atoms with Crippen LogP contribution >= 0.6 is 11.6 Å². The molecule has 2 aromatic carbocycles. The monoisotopic (exact) mass is 495 g/mol. The lowest BCUT2D eigenvalue weighted by Gasteiger charge is -2.19. The lowest BCUT2D eigenvalue weighted by Crippen LogP contribution is -2.25. The molecule has 0 bridgehead atoms. The average molecular weight is 496 g/mol. The fourth-order valence-electron chi connectivity index (χ4n) is 3.93. The molecule has 4 aromatic rings. The zero-order valence-electron chi connectivity index (χ0n) is 19.5. The van der Waals surface area contributed by atoms with E-state index in [-0.39, 0.29) is 10.3 Å². The second-order valence-corrected chi connectivity index (χ2v) is 11.1. The van der Waals surface area contributed by atoms with Gasteiger partial charge in [-0.3, -0.25) is 9.29 Å². The van der Waals surface area contributed by atoms with E-state index in [1.807, 2.05) is 12.1 Å². The number of rotatable bonds is 5. The third kappa shape index (κ3) is 4.06. The smallest absolute Gasteiger partial charge is 0.261 e. The van der Waals surface area contributed by atoms with Crippen molar-refractivity contribution in [1.29, 1.82) is 0 Å². The molecule has 6 nitrogen and oxygen atoms in total. The summed E-state index contributed by atoms with van der Waals surface area (Å²) in [7, 11) is -2.32. The van der Waals surface area contributed by atoms with Gasteiger partial charge in [0.15, 0.2) is 11.6 Å². The van der Waals surface area contributed by atoms with E-state index in [2.05, 4.69) is 43.6 Å². The van der Waals surface area contributed by atoms with Crippen molar-refractivity contribution in [1.82, 2.24) is 9.55 Å². The molecule has 0 aliphatic heterocycles. The van der Waals surface area contributed by atoms with Gasteiger partial charge in [0.25, 0.3) is 10.0 Å². The summed E-state index contributed by atoms with van der Waals surface area (Å²) in [5, 5.41) is 2.57. The number of halogens is 1. The molecule has 0 aliphatic carbocycles. The number of ether oxygens (including phenoxy) is 1. The Morgan fingerprint density at radius 2 is 1.65 bits per heavy atom. The molecule has 0 unspecified atom stereocenters. The summed E-state index contributed by atoms with van der Waals surface area (Å²) in [6.07, 6.45) is 1.63. The van der Waals surface area contributed by atoms with E-state index in [9.17, 15) is 8.42 Å². The number of methoxy groups -OCH3 is 1. The van der Waals surface area contributed by atoms with Gasteiger partial charge in [0.1, 0.15) is 0 Å². The predicted octanol–water partition coefficient (Wildman–Crippen LogP) is 4.61. The Hall–Kier alpha value is -3.29. The third-order valence-corrected chi connectivity index (χ3v) is 7.43. The van der Waals surface area contributed by atoms with Crippen LogP contribution < -0.4 is 20.2 Å². The van der Waals surface area contributed by atoms with E-state index >= 15 is 0 Å². The molecule has 0 amide bonds. The number of nitrogens with one attached hydrogen (secondary N) is 1. The fraction of sp³-hybridized carbons (Fsp3) is 0.192. The number of hydrogen-bond donors (Lipinski definition) is 1. The summed E-state index contributed by atoms with van der Waals surface area (Å²) in [5.74, 6) is 1.01. The van der Waals surface area contributed by atoms with Crippen molar-refractivity contribution in [2.45, 2.75) is 31.1 Å². The van der Waals surface area contributed by atoms with Gasteiger partial charge >= 0.3 is 0 Å². The Kier molecular flexibility index (Phi) is 5.96. The van der Waals surface area contributed by atoms with Gasteiger partial charge in [-0.1, -0.05) is 57.7 Å². The highest BCUT2D eigenvalue weighted by Crippen LogP contribution is 2.30. The quantitative estimate of drug-likeness (QED) is 0.439. The normalized spacial score (nSPS) is 12.1. The predicted molar refractivity (Wildman–Crippen MR) is 139 cm³/mol. The molecule has 0 saturated carbocycles. The zero-order valence-corrected chi connectivity index (χ0v) is 21.1. The second-order valence-electron chi connectivity index (χ2n) is 8.98. The first-order valence-corrected chi connectivity index (χ1v) is 12.5. The number of anilines is 1. The van der Waals surface area contributed by atoms with E-state index in [4.69, 9.17) is 16.3 Å². The first kappa shape index (κ1) is 23.9. The van der Waals surface area contributed by atoms with Gasteiger partial charge < -0.3 is 4.74 Å². The summed E-state index contributed by atoms with van der Waals surface area (Å²) in [6, 6.07) is 13.7. The van der Waals surface area contributed by atoms with Crippen molar-refractivity contribution in [3.63, 3.8) is 0 Å². The average Bonchev–Trinajstić information content (AvgIpc) is 3.06. The van der Waals surface area contributed by atoms with Crippen molar-refractivity contribution < 1.29 is 13.2 Å². The van der Waals surface area contributed by atoms with Gasteiger partial charge in [-0.05, 0) is 47.4 Å². The topological polar surface area (TPSA) is 73.2 Å². The Morgan fingerprint density at radius 1 is 1.00 bits per heavy atom. The van der Waals surface area contributed by atoms with Crippen LogP contribution in [0, 0.1) is 0 Å². The summed E-state index contributed by atoms with van der Waals surface area (Å²) in [6.45, 7) is 14.6. The number of nitrogens with zero attached hydrogens (tertiary/aromatic N) is 2. The van der Waals surface area contributed by atoms with Crippen LogP contribution in [0.25, 0.3) is 29.7 Å². The Balaban J connectivity index is 1.87. The molecule has 1 N–H and O–H groups in total. The molecule has 0 atom stereocenters. The van der Waals surface area contributed by atoms with Gasteiger partial charge in [-0.15, -0.1) is 0 Å². The summed E-state index contributed by atoms with van der Waals surface area (Å²) in [5.41, 5.74) is 1.31. The highest BCUT2D eigenvalue weighted by atomic mass is 35.5. The van der Waals surface area contributed by atoms with Gasteiger partial charge in [-0.25, -0.2) is 13.4 Å². The van der Waals surface area contributed by atoms with Crippen LogP contribution in [0.2, 0.25) is 5.02 Å². The van der Waals surface area contributed by atoms with Crippen LogP contribution in [0.5, 0.6) is 5.75 Å². The fourth-order valence-corrected chi connectivity index (χ4v) is 5.27. The molecule has 0 spiro atoms. The highest BCUT2D eigenvalue weighted by Gasteiger charge is 2.21. The molecular weight excluding hydrogens is 470 g/mol. The standard InChI is InChI=1S/C26H26ClN3O3S/c1-16-23-20(27)13-14-21(24(23)17(2)30(16)25-22(33-6)8-7-15-28-25)29-34(31,32)19-11-9-18(10-12-19)26(3,4)5/h7-15,29H,1-2H2,3-6H3. The Morgan fingerprint density at radius 3 is 2.26 bits per heavy atom. The van der Waals surface area contributed by atoms with Gasteiger partial charge in [-0.2, -0.15) is 0 Å². The minimum Gasteiger partial charge on any atom is -0.493 e. The van der Waals surface area contributed by atoms with Gasteiger partial charge in [0.05, 0.1) is 33.4 Å². The number of hydrogen-bond acceptors (Lipinski definition) is 4. The number of benzene rings is 2.